The predicted octanol–water partition coefficient (Wildman–Crippen LogP) is 4.77. The molecule has 0 spiro atoms. The summed E-state index contributed by atoms with van der Waals surface area (Å²) in [6, 6.07) is 12.0. The van der Waals surface area contributed by atoms with Crippen LogP contribution in [-0.4, -0.2) is 28.6 Å². The smallest absolute Gasteiger partial charge is 0.309 e. The molecule has 1 aromatic carbocycles. The molecule has 1 atom stereocenters. The quantitative estimate of drug-likeness (QED) is 0.632. The van der Waals surface area contributed by atoms with Gasteiger partial charge in [0.15, 0.2) is 0 Å². The minimum absolute atomic E-state index is 0.0668. The van der Waals surface area contributed by atoms with Gasteiger partial charge >= 0.3 is 4.87 Å². The number of rotatable bonds is 4. The summed E-state index contributed by atoms with van der Waals surface area (Å²) in [5.74, 6) is -3.36. The number of aromatic nitrogens is 2. The van der Waals surface area contributed by atoms with Gasteiger partial charge in [0.25, 0.3) is 5.92 Å². The van der Waals surface area contributed by atoms with E-state index in [2.05, 4.69) is 22.0 Å². The number of hydrogen-bond donors (Lipinski definition) is 0. The van der Waals surface area contributed by atoms with E-state index in [-0.39, 0.29) is 17.8 Å². The van der Waals surface area contributed by atoms with Crippen molar-refractivity contribution >= 4 is 27.4 Å². The highest BCUT2D eigenvalue weighted by Gasteiger charge is 2.56. The van der Waals surface area contributed by atoms with Crippen LogP contribution in [0.4, 0.5) is 14.5 Å². The van der Waals surface area contributed by atoms with Crippen molar-refractivity contribution in [2.45, 2.75) is 38.2 Å². The normalized spacial score (nSPS) is 21.2. The van der Waals surface area contributed by atoms with Gasteiger partial charge in [0.05, 0.1) is 11.2 Å². The van der Waals surface area contributed by atoms with E-state index in [1.807, 2.05) is 24.3 Å². The molecule has 3 heterocycles. The molecule has 7 heteroatoms. The first-order valence-corrected chi connectivity index (χ1v) is 10.6. The number of alkyl halides is 2. The fraction of sp³-hybridized carbons (Fsp3) is 0.429. The van der Waals surface area contributed by atoms with Gasteiger partial charge in [-0.25, -0.2) is 13.8 Å². The SMILES string of the molecule is O=c1sc2nc(-c3cccc(N4CCCCC4)c3)ccc2n1CC1CC1(F)F. The summed E-state index contributed by atoms with van der Waals surface area (Å²) in [6.45, 7) is 2.22. The maximum atomic E-state index is 13.3. The van der Waals surface area contributed by atoms with Crippen LogP contribution in [0.5, 0.6) is 0 Å². The highest BCUT2D eigenvalue weighted by Crippen LogP contribution is 2.49. The first-order valence-electron chi connectivity index (χ1n) is 9.75. The maximum absolute atomic E-state index is 13.3. The summed E-state index contributed by atoms with van der Waals surface area (Å²) in [6.07, 6.45) is 3.59. The molecule has 2 aromatic heterocycles. The lowest BCUT2D eigenvalue weighted by atomic mass is 10.1. The zero-order chi connectivity index (χ0) is 19.3. The maximum Gasteiger partial charge on any atom is 0.309 e. The second-order valence-electron chi connectivity index (χ2n) is 7.76. The van der Waals surface area contributed by atoms with E-state index in [4.69, 9.17) is 0 Å². The van der Waals surface area contributed by atoms with Crippen molar-refractivity contribution in [1.82, 2.24) is 9.55 Å². The van der Waals surface area contributed by atoms with Crippen LogP contribution < -0.4 is 9.77 Å². The lowest BCUT2D eigenvalue weighted by molar-refractivity contribution is 0.0953. The van der Waals surface area contributed by atoms with Crippen LogP contribution in [0.3, 0.4) is 0 Å². The van der Waals surface area contributed by atoms with Gasteiger partial charge in [0, 0.05) is 43.2 Å². The van der Waals surface area contributed by atoms with Crippen LogP contribution in [0, 0.1) is 5.92 Å². The standard InChI is InChI=1S/C21H21F2N3OS/c22-21(23)12-15(21)13-26-18-8-7-17(24-19(18)28-20(26)27)14-5-4-6-16(11-14)25-9-2-1-3-10-25/h4-8,11,15H,1-3,9-10,12-13H2. The van der Waals surface area contributed by atoms with Crippen LogP contribution in [0.1, 0.15) is 25.7 Å². The summed E-state index contributed by atoms with van der Waals surface area (Å²) in [5, 5.41) is 0. The summed E-state index contributed by atoms with van der Waals surface area (Å²) in [4.78, 5) is 19.8. The lowest BCUT2D eigenvalue weighted by Gasteiger charge is -2.29. The third kappa shape index (κ3) is 3.21. The molecule has 0 bridgehead atoms. The van der Waals surface area contributed by atoms with Crippen molar-refractivity contribution < 1.29 is 8.78 Å². The van der Waals surface area contributed by atoms with E-state index < -0.39 is 11.8 Å². The van der Waals surface area contributed by atoms with Gasteiger partial charge in [0.2, 0.25) is 0 Å². The Morgan fingerprint density at radius 3 is 2.68 bits per heavy atom. The molecule has 2 fully saturated rings. The first kappa shape index (κ1) is 17.8. The van der Waals surface area contributed by atoms with E-state index in [1.165, 1.54) is 29.5 Å². The number of halogens is 2. The van der Waals surface area contributed by atoms with Crippen molar-refractivity contribution in [3.05, 3.63) is 46.1 Å². The van der Waals surface area contributed by atoms with Crippen molar-refractivity contribution in [1.29, 1.82) is 0 Å². The molecule has 146 valence electrons. The fourth-order valence-corrected chi connectivity index (χ4v) is 4.86. The van der Waals surface area contributed by atoms with Crippen molar-refractivity contribution in [3.63, 3.8) is 0 Å². The Morgan fingerprint density at radius 2 is 1.93 bits per heavy atom. The number of pyridine rings is 1. The minimum Gasteiger partial charge on any atom is -0.372 e. The summed E-state index contributed by atoms with van der Waals surface area (Å²) in [5.41, 5.74) is 3.65. The van der Waals surface area contributed by atoms with Crippen LogP contribution in [-0.2, 0) is 6.54 Å². The molecule has 1 saturated carbocycles. The monoisotopic (exact) mass is 401 g/mol. The molecule has 1 aliphatic carbocycles. The predicted molar refractivity (Wildman–Crippen MR) is 108 cm³/mol. The lowest BCUT2D eigenvalue weighted by Crippen LogP contribution is -2.29. The molecule has 1 unspecified atom stereocenters. The molecular formula is C21H21F2N3OS. The highest BCUT2D eigenvalue weighted by atomic mass is 32.1. The largest absolute Gasteiger partial charge is 0.372 e. The second kappa shape index (κ2) is 6.65. The third-order valence-corrected chi connectivity index (χ3v) is 6.65. The Kier molecular flexibility index (Phi) is 4.23. The van der Waals surface area contributed by atoms with Crippen molar-refractivity contribution in [2.24, 2.45) is 5.92 Å². The van der Waals surface area contributed by atoms with Gasteiger partial charge in [-0.1, -0.05) is 23.5 Å². The van der Waals surface area contributed by atoms with Crippen LogP contribution in [0.15, 0.2) is 41.2 Å². The van der Waals surface area contributed by atoms with E-state index in [0.717, 1.165) is 35.7 Å². The molecule has 1 saturated heterocycles. The molecule has 4 nitrogen and oxygen atoms in total. The molecule has 0 amide bonds. The van der Waals surface area contributed by atoms with Gasteiger partial charge in [-0.15, -0.1) is 0 Å². The second-order valence-corrected chi connectivity index (χ2v) is 8.70. The molecular weight excluding hydrogens is 380 g/mol. The van der Waals surface area contributed by atoms with Crippen molar-refractivity contribution in [3.8, 4) is 11.3 Å². The van der Waals surface area contributed by atoms with Gasteiger partial charge in [-0.2, -0.15) is 0 Å². The van der Waals surface area contributed by atoms with Gasteiger partial charge < -0.3 is 4.90 Å². The van der Waals surface area contributed by atoms with Crippen LogP contribution in [0.2, 0.25) is 0 Å². The molecule has 28 heavy (non-hydrogen) atoms. The fourth-order valence-electron chi connectivity index (χ4n) is 3.99. The van der Waals surface area contributed by atoms with E-state index in [0.29, 0.717) is 10.3 Å². The number of nitrogens with zero attached hydrogens (tertiary/aromatic N) is 3. The topological polar surface area (TPSA) is 38.1 Å². The summed E-state index contributed by atoms with van der Waals surface area (Å²) in [7, 11) is 0. The molecule has 0 N–H and O–H groups in total. The number of anilines is 1. The van der Waals surface area contributed by atoms with E-state index in [9.17, 15) is 13.6 Å². The zero-order valence-corrected chi connectivity index (χ0v) is 16.2. The van der Waals surface area contributed by atoms with Crippen molar-refractivity contribution in [2.75, 3.05) is 18.0 Å². The Hall–Kier alpha value is -2.28. The molecule has 0 radical (unpaired) electrons. The number of hydrogen-bond acceptors (Lipinski definition) is 4. The molecule has 1 aliphatic heterocycles. The summed E-state index contributed by atoms with van der Waals surface area (Å²) >= 11 is 1.03. The average Bonchev–Trinajstić information content (AvgIpc) is 3.20. The Balaban J connectivity index is 1.46. The number of thiazole rings is 1. The average molecular weight is 401 g/mol. The third-order valence-electron chi connectivity index (χ3n) is 5.76. The van der Waals surface area contributed by atoms with E-state index >= 15 is 0 Å². The van der Waals surface area contributed by atoms with Crippen LogP contribution in [0.25, 0.3) is 21.6 Å². The van der Waals surface area contributed by atoms with Gasteiger partial charge in [-0.3, -0.25) is 9.36 Å². The highest BCUT2D eigenvalue weighted by molar-refractivity contribution is 7.16. The number of piperidine rings is 1. The molecule has 5 rings (SSSR count). The first-order chi connectivity index (χ1) is 13.5. The van der Waals surface area contributed by atoms with E-state index in [1.54, 1.807) is 0 Å². The van der Waals surface area contributed by atoms with Gasteiger partial charge in [0.1, 0.15) is 4.83 Å². The molecule has 3 aromatic rings. The Morgan fingerprint density at radius 1 is 1.14 bits per heavy atom. The Labute approximate surface area is 165 Å². The Bertz CT molecular complexity index is 1080. The van der Waals surface area contributed by atoms with Gasteiger partial charge in [-0.05, 0) is 43.5 Å². The summed E-state index contributed by atoms with van der Waals surface area (Å²) < 4.78 is 28.0. The minimum atomic E-state index is -2.63. The van der Waals surface area contributed by atoms with Crippen LogP contribution >= 0.6 is 11.3 Å². The number of fused-ring (bicyclic) bond motifs is 1. The number of benzene rings is 1. The molecule has 2 aliphatic rings. The zero-order valence-electron chi connectivity index (χ0n) is 15.4.